The molecule has 2 aromatic rings. The van der Waals surface area contributed by atoms with E-state index in [0.29, 0.717) is 5.82 Å². The molecule has 0 aliphatic rings. The fourth-order valence-corrected chi connectivity index (χ4v) is 2.21. The summed E-state index contributed by atoms with van der Waals surface area (Å²) in [5, 5.41) is 19.6. The Morgan fingerprint density at radius 3 is 2.52 bits per heavy atom. The fraction of sp³-hybridized carbons (Fsp3) is 0.400. The minimum atomic E-state index is -4.50. The Labute approximate surface area is 131 Å². The van der Waals surface area contributed by atoms with E-state index >= 15 is 0 Å². The number of hydrogen-bond acceptors (Lipinski definition) is 4. The van der Waals surface area contributed by atoms with Gasteiger partial charge in [-0.25, -0.2) is 0 Å². The molecule has 1 aromatic carbocycles. The van der Waals surface area contributed by atoms with Crippen LogP contribution in [0.3, 0.4) is 0 Å². The highest BCUT2D eigenvalue weighted by Gasteiger charge is 2.33. The second kappa shape index (κ2) is 6.28. The lowest BCUT2D eigenvalue weighted by Gasteiger charge is -2.15. The Morgan fingerprint density at radius 1 is 1.30 bits per heavy atom. The first-order valence-electron chi connectivity index (χ1n) is 6.97. The molecule has 122 valence electrons. The maximum absolute atomic E-state index is 13.0. The lowest BCUT2D eigenvalue weighted by Crippen LogP contribution is -2.13. The molecule has 0 spiro atoms. The van der Waals surface area contributed by atoms with Crippen LogP contribution in [-0.4, -0.2) is 14.8 Å². The summed E-state index contributed by atoms with van der Waals surface area (Å²) in [6, 6.07) is 5.06. The first kappa shape index (κ1) is 16.8. The molecule has 0 amide bonds. The quantitative estimate of drug-likeness (QED) is 0.936. The molecule has 0 bridgehead atoms. The Bertz CT molecular complexity index is 741. The monoisotopic (exact) mass is 323 g/mol. The summed E-state index contributed by atoms with van der Waals surface area (Å²) in [6.45, 7) is 3.99. The highest BCUT2D eigenvalue weighted by Crippen LogP contribution is 2.35. The number of nitriles is 1. The third-order valence-electron chi connectivity index (χ3n) is 3.41. The van der Waals surface area contributed by atoms with E-state index in [0.717, 1.165) is 18.0 Å². The van der Waals surface area contributed by atoms with Gasteiger partial charge in [0.2, 0.25) is 0 Å². The lowest BCUT2D eigenvalue weighted by atomic mass is 10.1. The van der Waals surface area contributed by atoms with E-state index in [4.69, 9.17) is 5.26 Å². The van der Waals surface area contributed by atoms with Gasteiger partial charge in [0.05, 0.1) is 23.7 Å². The molecule has 2 rings (SSSR count). The van der Waals surface area contributed by atoms with E-state index in [1.165, 1.54) is 6.07 Å². The van der Waals surface area contributed by atoms with E-state index in [-0.39, 0.29) is 23.7 Å². The molecule has 0 atom stereocenters. The van der Waals surface area contributed by atoms with E-state index in [1.54, 1.807) is 11.6 Å². The molecule has 1 heterocycles. The first-order valence-corrected chi connectivity index (χ1v) is 6.97. The van der Waals surface area contributed by atoms with Crippen molar-refractivity contribution in [3.63, 3.8) is 0 Å². The van der Waals surface area contributed by atoms with Gasteiger partial charge >= 0.3 is 6.18 Å². The van der Waals surface area contributed by atoms with Gasteiger partial charge in [-0.3, -0.25) is 0 Å². The van der Waals surface area contributed by atoms with E-state index in [1.807, 2.05) is 19.9 Å². The zero-order valence-electron chi connectivity index (χ0n) is 12.9. The smallest absolute Gasteiger partial charge is 0.377 e. The number of rotatable bonds is 4. The summed E-state index contributed by atoms with van der Waals surface area (Å²) < 4.78 is 40.9. The van der Waals surface area contributed by atoms with Gasteiger partial charge in [0.15, 0.2) is 5.82 Å². The van der Waals surface area contributed by atoms with Gasteiger partial charge in [-0.15, -0.1) is 10.2 Å². The van der Waals surface area contributed by atoms with Gasteiger partial charge in [0, 0.05) is 18.7 Å². The molecular weight excluding hydrogens is 307 g/mol. The zero-order valence-corrected chi connectivity index (χ0v) is 12.9. The van der Waals surface area contributed by atoms with Crippen molar-refractivity contribution < 1.29 is 13.2 Å². The zero-order chi connectivity index (χ0) is 17.2. The molecule has 0 aliphatic carbocycles. The molecule has 8 heteroatoms. The van der Waals surface area contributed by atoms with Gasteiger partial charge in [0.1, 0.15) is 5.82 Å². The Hall–Kier alpha value is -2.56. The largest absolute Gasteiger partial charge is 0.418 e. The Morgan fingerprint density at radius 2 is 2.00 bits per heavy atom. The van der Waals surface area contributed by atoms with Crippen molar-refractivity contribution in [1.82, 2.24) is 14.8 Å². The van der Waals surface area contributed by atoms with Gasteiger partial charge in [-0.1, -0.05) is 13.8 Å². The van der Waals surface area contributed by atoms with Crippen LogP contribution in [-0.2, 0) is 19.8 Å². The van der Waals surface area contributed by atoms with Crippen LogP contribution in [0.4, 0.5) is 18.9 Å². The Kier molecular flexibility index (Phi) is 4.59. The van der Waals surface area contributed by atoms with Gasteiger partial charge in [-0.2, -0.15) is 18.4 Å². The molecule has 0 aliphatic heterocycles. The maximum Gasteiger partial charge on any atom is 0.418 e. The standard InChI is InChI=1S/C15H16F3N5/c1-9(2)14-22-21-13(23(14)3)8-20-12-6-10(7-19)4-5-11(12)15(16,17)18/h4-6,9,20H,8H2,1-3H3. The van der Waals surface area contributed by atoms with Crippen molar-refractivity contribution in [2.75, 3.05) is 5.32 Å². The van der Waals surface area contributed by atoms with Gasteiger partial charge in [-0.05, 0) is 18.2 Å². The fourth-order valence-electron chi connectivity index (χ4n) is 2.21. The van der Waals surface area contributed by atoms with E-state index in [2.05, 4.69) is 15.5 Å². The minimum absolute atomic E-state index is 0.0776. The first-order chi connectivity index (χ1) is 10.7. The van der Waals surface area contributed by atoms with Crippen molar-refractivity contribution >= 4 is 5.69 Å². The van der Waals surface area contributed by atoms with E-state index in [9.17, 15) is 13.2 Å². The summed E-state index contributed by atoms with van der Waals surface area (Å²) in [6.07, 6.45) is -4.50. The molecule has 0 saturated heterocycles. The number of aromatic nitrogens is 3. The maximum atomic E-state index is 13.0. The summed E-state index contributed by atoms with van der Waals surface area (Å²) in [5.74, 6) is 1.43. The van der Waals surface area contributed by atoms with Crippen LogP contribution in [0.1, 0.15) is 42.5 Å². The Balaban J connectivity index is 2.28. The molecule has 1 aromatic heterocycles. The van der Waals surface area contributed by atoms with Gasteiger partial charge in [0.25, 0.3) is 0 Å². The molecular formula is C15H16F3N5. The minimum Gasteiger partial charge on any atom is -0.377 e. The SMILES string of the molecule is CC(C)c1nnc(CNc2cc(C#N)ccc2C(F)(F)F)n1C. The van der Waals surface area contributed by atoms with Crippen LogP contribution in [0.15, 0.2) is 18.2 Å². The second-order valence-corrected chi connectivity index (χ2v) is 5.41. The average Bonchev–Trinajstić information content (AvgIpc) is 2.85. The topological polar surface area (TPSA) is 66.5 Å². The van der Waals surface area contributed by atoms with Crippen LogP contribution < -0.4 is 5.32 Å². The third kappa shape index (κ3) is 3.62. The molecule has 0 radical (unpaired) electrons. The number of anilines is 1. The molecule has 1 N–H and O–H groups in total. The normalized spacial score (nSPS) is 11.6. The van der Waals surface area contributed by atoms with Crippen LogP contribution >= 0.6 is 0 Å². The van der Waals surface area contributed by atoms with Crippen LogP contribution in [0, 0.1) is 11.3 Å². The molecule has 0 saturated carbocycles. The molecule has 23 heavy (non-hydrogen) atoms. The number of hydrogen-bond donors (Lipinski definition) is 1. The summed E-state index contributed by atoms with van der Waals surface area (Å²) in [7, 11) is 1.77. The van der Waals surface area contributed by atoms with Crippen molar-refractivity contribution in [1.29, 1.82) is 5.26 Å². The molecule has 0 fully saturated rings. The molecule has 5 nitrogen and oxygen atoms in total. The summed E-state index contributed by atoms with van der Waals surface area (Å²) in [4.78, 5) is 0. The van der Waals surface area contributed by atoms with Gasteiger partial charge < -0.3 is 9.88 Å². The number of halogens is 3. The lowest BCUT2D eigenvalue weighted by molar-refractivity contribution is -0.137. The van der Waals surface area contributed by atoms with Crippen molar-refractivity contribution in [2.45, 2.75) is 32.5 Å². The molecule has 0 unspecified atom stereocenters. The highest BCUT2D eigenvalue weighted by atomic mass is 19.4. The van der Waals surface area contributed by atoms with Crippen molar-refractivity contribution in [2.24, 2.45) is 7.05 Å². The second-order valence-electron chi connectivity index (χ2n) is 5.41. The van der Waals surface area contributed by atoms with Crippen LogP contribution in [0.2, 0.25) is 0 Å². The van der Waals surface area contributed by atoms with Crippen molar-refractivity contribution in [3.8, 4) is 6.07 Å². The number of benzene rings is 1. The predicted molar refractivity (Wildman–Crippen MR) is 78.6 cm³/mol. The van der Waals surface area contributed by atoms with E-state index < -0.39 is 11.7 Å². The number of alkyl halides is 3. The highest BCUT2D eigenvalue weighted by molar-refractivity contribution is 5.57. The van der Waals surface area contributed by atoms with Crippen molar-refractivity contribution in [3.05, 3.63) is 41.0 Å². The number of nitrogens with one attached hydrogen (secondary N) is 1. The summed E-state index contributed by atoms with van der Waals surface area (Å²) >= 11 is 0. The summed E-state index contributed by atoms with van der Waals surface area (Å²) in [5.41, 5.74) is -0.810. The number of nitrogens with zero attached hydrogens (tertiary/aromatic N) is 4. The van der Waals surface area contributed by atoms with Crippen LogP contribution in [0.25, 0.3) is 0 Å². The average molecular weight is 323 g/mol. The van der Waals surface area contributed by atoms with Crippen LogP contribution in [0.5, 0.6) is 0 Å². The third-order valence-corrected chi connectivity index (χ3v) is 3.41. The predicted octanol–water partition coefficient (Wildman–Crippen LogP) is 3.44.